The molecule has 0 aliphatic carbocycles. The van der Waals surface area contributed by atoms with Gasteiger partial charge in [0, 0.05) is 12.6 Å². The second-order valence-corrected chi connectivity index (χ2v) is 4.38. The average Bonchev–Trinajstić information content (AvgIpc) is 2.23. The van der Waals surface area contributed by atoms with E-state index in [4.69, 9.17) is 10.5 Å². The van der Waals surface area contributed by atoms with E-state index in [9.17, 15) is 0 Å². The molecule has 2 heteroatoms. The molecule has 0 aromatic rings. The molecule has 0 heterocycles. The summed E-state index contributed by atoms with van der Waals surface area (Å²) >= 11 is 0. The Labute approximate surface area is 95.6 Å². The summed E-state index contributed by atoms with van der Waals surface area (Å²) in [5, 5.41) is 0. The van der Waals surface area contributed by atoms with Crippen molar-refractivity contribution >= 4 is 0 Å². The second kappa shape index (κ2) is 10.4. The van der Waals surface area contributed by atoms with Crippen LogP contribution >= 0.6 is 0 Å². The molecular formula is C13H29NO. The first-order valence-electron chi connectivity index (χ1n) is 6.59. The average molecular weight is 215 g/mol. The van der Waals surface area contributed by atoms with Crippen LogP contribution in [-0.2, 0) is 4.74 Å². The summed E-state index contributed by atoms with van der Waals surface area (Å²) in [7, 11) is 0. The summed E-state index contributed by atoms with van der Waals surface area (Å²) < 4.78 is 5.47. The number of hydrogen-bond donors (Lipinski definition) is 1. The van der Waals surface area contributed by atoms with E-state index in [1.54, 1.807) is 0 Å². The lowest BCUT2D eigenvalue weighted by Crippen LogP contribution is -2.34. The fourth-order valence-electron chi connectivity index (χ4n) is 1.78. The molecule has 0 aromatic carbocycles. The van der Waals surface area contributed by atoms with E-state index in [1.165, 1.54) is 38.5 Å². The van der Waals surface area contributed by atoms with Gasteiger partial charge in [-0.05, 0) is 20.3 Å². The van der Waals surface area contributed by atoms with Crippen molar-refractivity contribution in [3.8, 4) is 0 Å². The highest BCUT2D eigenvalue weighted by molar-refractivity contribution is 4.68. The van der Waals surface area contributed by atoms with Gasteiger partial charge in [-0.3, -0.25) is 0 Å². The highest BCUT2D eigenvalue weighted by atomic mass is 16.5. The molecule has 0 rings (SSSR count). The summed E-state index contributed by atoms with van der Waals surface area (Å²) in [5.74, 6) is 0. The van der Waals surface area contributed by atoms with Gasteiger partial charge in [0.05, 0.1) is 6.10 Å². The van der Waals surface area contributed by atoms with Crippen molar-refractivity contribution in [2.45, 2.75) is 77.9 Å². The van der Waals surface area contributed by atoms with E-state index >= 15 is 0 Å². The molecular weight excluding hydrogens is 186 g/mol. The third kappa shape index (κ3) is 8.88. The molecule has 0 saturated heterocycles. The van der Waals surface area contributed by atoms with E-state index in [2.05, 4.69) is 13.8 Å². The van der Waals surface area contributed by atoms with E-state index < -0.39 is 0 Å². The topological polar surface area (TPSA) is 35.2 Å². The van der Waals surface area contributed by atoms with Crippen molar-refractivity contribution in [2.75, 3.05) is 6.61 Å². The summed E-state index contributed by atoms with van der Waals surface area (Å²) in [6, 6.07) is 0.219. The molecule has 0 aliphatic heterocycles. The molecule has 0 aromatic heterocycles. The molecule has 0 bridgehead atoms. The van der Waals surface area contributed by atoms with Crippen LogP contribution in [0.1, 0.15) is 65.7 Å². The molecule has 2 N–H and O–H groups in total. The van der Waals surface area contributed by atoms with Crippen molar-refractivity contribution in [1.82, 2.24) is 0 Å². The van der Waals surface area contributed by atoms with E-state index in [1.807, 2.05) is 6.92 Å². The van der Waals surface area contributed by atoms with Gasteiger partial charge < -0.3 is 10.5 Å². The van der Waals surface area contributed by atoms with Crippen molar-refractivity contribution in [3.63, 3.8) is 0 Å². The Bertz CT molecular complexity index is 128. The normalized spacial score (nSPS) is 15.2. The molecule has 0 aliphatic rings. The number of rotatable bonds is 10. The zero-order chi connectivity index (χ0) is 11.5. The molecule has 15 heavy (non-hydrogen) atoms. The van der Waals surface area contributed by atoms with Gasteiger partial charge in [0.15, 0.2) is 0 Å². The zero-order valence-corrected chi connectivity index (χ0v) is 10.8. The first-order chi connectivity index (χ1) is 7.22. The third-order valence-corrected chi connectivity index (χ3v) is 2.92. The van der Waals surface area contributed by atoms with Gasteiger partial charge in [-0.15, -0.1) is 0 Å². The zero-order valence-electron chi connectivity index (χ0n) is 10.8. The quantitative estimate of drug-likeness (QED) is 0.566. The van der Waals surface area contributed by atoms with Gasteiger partial charge in [-0.2, -0.15) is 0 Å². The van der Waals surface area contributed by atoms with Crippen molar-refractivity contribution < 1.29 is 4.74 Å². The lowest BCUT2D eigenvalue weighted by atomic mass is 10.0. The Kier molecular flexibility index (Phi) is 10.4. The number of ether oxygens (including phenoxy) is 1. The summed E-state index contributed by atoms with van der Waals surface area (Å²) in [4.78, 5) is 0. The van der Waals surface area contributed by atoms with Gasteiger partial charge in [-0.25, -0.2) is 0 Å². The molecule has 92 valence electrons. The maximum absolute atomic E-state index is 6.02. The molecule has 2 nitrogen and oxygen atoms in total. The molecule has 0 radical (unpaired) electrons. The lowest BCUT2D eigenvalue weighted by molar-refractivity contribution is 0.0549. The summed E-state index contributed by atoms with van der Waals surface area (Å²) in [5.41, 5.74) is 6.02. The predicted octanol–water partition coefficient (Wildman–Crippen LogP) is 3.49. The lowest BCUT2D eigenvalue weighted by Gasteiger charge is -2.19. The molecule has 2 atom stereocenters. The van der Waals surface area contributed by atoms with Crippen LogP contribution in [0.15, 0.2) is 0 Å². The fraction of sp³-hybridized carbons (Fsp3) is 1.00. The Balaban J connectivity index is 3.26. The fourth-order valence-corrected chi connectivity index (χ4v) is 1.78. The van der Waals surface area contributed by atoms with Crippen LogP contribution < -0.4 is 5.73 Å². The second-order valence-electron chi connectivity index (χ2n) is 4.38. The minimum Gasteiger partial charge on any atom is -0.377 e. The van der Waals surface area contributed by atoms with Crippen LogP contribution in [-0.4, -0.2) is 18.8 Å². The van der Waals surface area contributed by atoms with Crippen LogP contribution in [0.5, 0.6) is 0 Å². The summed E-state index contributed by atoms with van der Waals surface area (Å²) in [6.45, 7) is 7.12. The Morgan fingerprint density at radius 1 is 1.00 bits per heavy atom. The molecule has 0 fully saturated rings. The third-order valence-electron chi connectivity index (χ3n) is 2.92. The molecule has 0 saturated carbocycles. The Morgan fingerprint density at radius 3 is 2.20 bits per heavy atom. The van der Waals surface area contributed by atoms with Crippen molar-refractivity contribution in [2.24, 2.45) is 5.73 Å². The van der Waals surface area contributed by atoms with Gasteiger partial charge in [0.25, 0.3) is 0 Å². The highest BCUT2D eigenvalue weighted by Crippen LogP contribution is 2.10. The standard InChI is InChI=1S/C13H29NO/c1-4-6-7-8-9-10-11-13(14)12(3)15-5-2/h12-13H,4-11,14H2,1-3H3. The number of unbranched alkanes of at least 4 members (excludes halogenated alkanes) is 5. The summed E-state index contributed by atoms with van der Waals surface area (Å²) in [6.07, 6.45) is 9.34. The van der Waals surface area contributed by atoms with Gasteiger partial charge in [0.1, 0.15) is 0 Å². The minimum atomic E-state index is 0.214. The van der Waals surface area contributed by atoms with Gasteiger partial charge in [0.2, 0.25) is 0 Å². The van der Waals surface area contributed by atoms with E-state index in [0.29, 0.717) is 0 Å². The van der Waals surface area contributed by atoms with E-state index in [-0.39, 0.29) is 12.1 Å². The first-order valence-corrected chi connectivity index (χ1v) is 6.59. The van der Waals surface area contributed by atoms with Crippen LogP contribution in [0.2, 0.25) is 0 Å². The van der Waals surface area contributed by atoms with E-state index in [0.717, 1.165) is 13.0 Å². The maximum atomic E-state index is 6.02. The largest absolute Gasteiger partial charge is 0.377 e. The maximum Gasteiger partial charge on any atom is 0.0697 e. The minimum absolute atomic E-state index is 0.214. The van der Waals surface area contributed by atoms with Crippen LogP contribution in [0, 0.1) is 0 Å². The first kappa shape index (κ1) is 14.9. The van der Waals surface area contributed by atoms with Gasteiger partial charge >= 0.3 is 0 Å². The predicted molar refractivity (Wildman–Crippen MR) is 67.1 cm³/mol. The molecule has 2 unspecified atom stereocenters. The van der Waals surface area contributed by atoms with Gasteiger partial charge in [-0.1, -0.05) is 45.4 Å². The van der Waals surface area contributed by atoms with Crippen LogP contribution in [0.3, 0.4) is 0 Å². The molecule has 0 spiro atoms. The monoisotopic (exact) mass is 215 g/mol. The van der Waals surface area contributed by atoms with Crippen LogP contribution in [0.25, 0.3) is 0 Å². The Hall–Kier alpha value is -0.0800. The number of nitrogens with two attached hydrogens (primary N) is 1. The Morgan fingerprint density at radius 2 is 1.60 bits per heavy atom. The highest BCUT2D eigenvalue weighted by Gasteiger charge is 2.11. The molecule has 0 amide bonds. The smallest absolute Gasteiger partial charge is 0.0697 e. The van der Waals surface area contributed by atoms with Crippen LogP contribution in [0.4, 0.5) is 0 Å². The van der Waals surface area contributed by atoms with Crippen molar-refractivity contribution in [1.29, 1.82) is 0 Å². The number of hydrogen-bond acceptors (Lipinski definition) is 2. The SMILES string of the molecule is CCCCCCCCC(N)C(C)OCC. The van der Waals surface area contributed by atoms with Crippen molar-refractivity contribution in [3.05, 3.63) is 0 Å².